The van der Waals surface area contributed by atoms with Crippen LogP contribution in [0.1, 0.15) is 21.5 Å². The molecule has 0 spiro atoms. The van der Waals surface area contributed by atoms with Crippen LogP contribution in [0.3, 0.4) is 0 Å². The van der Waals surface area contributed by atoms with Gasteiger partial charge in [0.2, 0.25) is 5.88 Å². The fourth-order valence-corrected chi connectivity index (χ4v) is 2.23. The summed E-state index contributed by atoms with van der Waals surface area (Å²) < 4.78 is 5.70. The molecule has 0 aliphatic rings. The molecule has 0 saturated heterocycles. The summed E-state index contributed by atoms with van der Waals surface area (Å²) in [5.74, 6) is -0.0211. The Hall–Kier alpha value is -2.95. The Labute approximate surface area is 127 Å². The van der Waals surface area contributed by atoms with Crippen LogP contribution in [-0.2, 0) is 6.61 Å². The van der Waals surface area contributed by atoms with Crippen LogP contribution in [0.2, 0.25) is 0 Å². The lowest BCUT2D eigenvalue weighted by molar-refractivity contribution is 0.0999. The number of pyridine rings is 2. The van der Waals surface area contributed by atoms with Gasteiger partial charge in [-0.2, -0.15) is 0 Å². The summed E-state index contributed by atoms with van der Waals surface area (Å²) in [6.07, 6.45) is 1.48. The van der Waals surface area contributed by atoms with Gasteiger partial charge in [-0.15, -0.1) is 0 Å². The van der Waals surface area contributed by atoms with Gasteiger partial charge in [0.15, 0.2) is 0 Å². The van der Waals surface area contributed by atoms with E-state index in [1.165, 1.54) is 6.20 Å². The molecule has 2 aromatic heterocycles. The number of primary amides is 1. The van der Waals surface area contributed by atoms with Crippen molar-refractivity contribution in [3.63, 3.8) is 0 Å². The number of benzene rings is 1. The third-order valence-corrected chi connectivity index (χ3v) is 3.44. The largest absolute Gasteiger partial charge is 0.473 e. The number of aryl methyl sites for hydroxylation is 1. The van der Waals surface area contributed by atoms with Crippen molar-refractivity contribution in [1.29, 1.82) is 0 Å². The van der Waals surface area contributed by atoms with E-state index in [0.717, 1.165) is 5.56 Å². The molecule has 3 aromatic rings. The highest BCUT2D eigenvalue weighted by Crippen LogP contribution is 2.21. The number of carbonyl (C=O) groups excluding carboxylic acids is 1. The van der Waals surface area contributed by atoms with Gasteiger partial charge in [0.05, 0.1) is 16.6 Å². The second-order valence-corrected chi connectivity index (χ2v) is 4.95. The number of ether oxygens (including phenoxy) is 1. The first-order valence-electron chi connectivity index (χ1n) is 6.88. The first-order chi connectivity index (χ1) is 10.6. The highest BCUT2D eigenvalue weighted by molar-refractivity contribution is 5.98. The fraction of sp³-hybridized carbons (Fsp3) is 0.118. The number of hydrogen-bond acceptors (Lipinski definition) is 4. The smallest absolute Gasteiger partial charge is 0.250 e. The summed E-state index contributed by atoms with van der Waals surface area (Å²) in [5.41, 5.74) is 8.82. The predicted molar refractivity (Wildman–Crippen MR) is 83.6 cm³/mol. The van der Waals surface area contributed by atoms with E-state index in [4.69, 9.17) is 10.5 Å². The van der Waals surface area contributed by atoms with Crippen LogP contribution < -0.4 is 10.5 Å². The van der Waals surface area contributed by atoms with Crippen LogP contribution in [0.15, 0.2) is 48.7 Å². The molecular weight excluding hydrogens is 278 g/mol. The van der Waals surface area contributed by atoms with Crippen molar-refractivity contribution in [3.05, 3.63) is 65.4 Å². The summed E-state index contributed by atoms with van der Waals surface area (Å²) >= 11 is 0. The van der Waals surface area contributed by atoms with Crippen molar-refractivity contribution in [2.75, 3.05) is 0 Å². The van der Waals surface area contributed by atoms with Gasteiger partial charge in [-0.3, -0.25) is 9.78 Å². The number of nitrogens with zero attached hydrogens (tertiary/aromatic N) is 2. The normalized spacial score (nSPS) is 10.6. The second kappa shape index (κ2) is 5.81. The van der Waals surface area contributed by atoms with Gasteiger partial charge >= 0.3 is 0 Å². The molecule has 2 N–H and O–H groups in total. The topological polar surface area (TPSA) is 78.1 Å². The number of fused-ring (bicyclic) bond motifs is 1. The Morgan fingerprint density at radius 2 is 1.95 bits per heavy atom. The van der Waals surface area contributed by atoms with Gasteiger partial charge in [-0.1, -0.05) is 30.3 Å². The molecule has 1 amide bonds. The highest BCUT2D eigenvalue weighted by Gasteiger charge is 2.11. The molecule has 0 radical (unpaired) electrons. The predicted octanol–water partition coefficient (Wildman–Crippen LogP) is 2.62. The zero-order valence-electron chi connectivity index (χ0n) is 12.1. The molecule has 0 unspecified atom stereocenters. The molecule has 110 valence electrons. The lowest BCUT2D eigenvalue weighted by Gasteiger charge is -2.09. The molecule has 3 rings (SSSR count). The number of rotatable bonds is 4. The van der Waals surface area contributed by atoms with Crippen molar-refractivity contribution >= 4 is 16.9 Å². The van der Waals surface area contributed by atoms with Gasteiger partial charge in [0.1, 0.15) is 6.61 Å². The second-order valence-electron chi connectivity index (χ2n) is 4.95. The zero-order valence-corrected chi connectivity index (χ0v) is 12.1. The standard InChI is InChI=1S/C17H15N3O2/c1-11-13(17(18)21)9-19-14-7-8-15(20-16(11)14)22-10-12-5-3-2-4-6-12/h2-9H,10H2,1H3,(H2,18,21). The Balaban J connectivity index is 1.91. The summed E-state index contributed by atoms with van der Waals surface area (Å²) in [6, 6.07) is 13.4. The Kier molecular flexibility index (Phi) is 3.70. The van der Waals surface area contributed by atoms with Gasteiger partial charge < -0.3 is 10.5 Å². The molecule has 0 bridgehead atoms. The molecule has 22 heavy (non-hydrogen) atoms. The van der Waals surface area contributed by atoms with Crippen molar-refractivity contribution in [2.45, 2.75) is 13.5 Å². The van der Waals surface area contributed by atoms with Crippen molar-refractivity contribution in [2.24, 2.45) is 5.73 Å². The van der Waals surface area contributed by atoms with E-state index in [2.05, 4.69) is 9.97 Å². The molecule has 2 heterocycles. The van der Waals surface area contributed by atoms with Gasteiger partial charge in [0, 0.05) is 12.3 Å². The van der Waals surface area contributed by atoms with E-state index in [0.29, 0.717) is 34.6 Å². The minimum atomic E-state index is -0.510. The Morgan fingerprint density at radius 3 is 2.68 bits per heavy atom. The molecule has 0 aliphatic carbocycles. The van der Waals surface area contributed by atoms with Crippen molar-refractivity contribution in [1.82, 2.24) is 9.97 Å². The molecule has 0 aliphatic heterocycles. The average Bonchev–Trinajstić information content (AvgIpc) is 2.54. The summed E-state index contributed by atoms with van der Waals surface area (Å²) in [5, 5.41) is 0. The average molecular weight is 293 g/mol. The Bertz CT molecular complexity index is 832. The summed E-state index contributed by atoms with van der Waals surface area (Å²) in [7, 11) is 0. The molecule has 5 heteroatoms. The Morgan fingerprint density at radius 1 is 1.18 bits per heavy atom. The van der Waals surface area contributed by atoms with E-state index in [1.54, 1.807) is 13.0 Å². The van der Waals surface area contributed by atoms with Crippen LogP contribution in [0.4, 0.5) is 0 Å². The van der Waals surface area contributed by atoms with E-state index >= 15 is 0 Å². The third-order valence-electron chi connectivity index (χ3n) is 3.44. The first-order valence-corrected chi connectivity index (χ1v) is 6.88. The van der Waals surface area contributed by atoms with E-state index < -0.39 is 5.91 Å². The SMILES string of the molecule is Cc1c(C(N)=O)cnc2ccc(OCc3ccccc3)nc12. The molecule has 1 aromatic carbocycles. The third kappa shape index (κ3) is 2.74. The highest BCUT2D eigenvalue weighted by atomic mass is 16.5. The number of amides is 1. The van der Waals surface area contributed by atoms with E-state index in [-0.39, 0.29) is 0 Å². The summed E-state index contributed by atoms with van der Waals surface area (Å²) in [6.45, 7) is 2.24. The van der Waals surface area contributed by atoms with Gasteiger partial charge in [-0.25, -0.2) is 4.98 Å². The minimum absolute atomic E-state index is 0.375. The van der Waals surface area contributed by atoms with Crippen LogP contribution >= 0.6 is 0 Å². The van der Waals surface area contributed by atoms with Gasteiger partial charge in [-0.05, 0) is 24.1 Å². The maximum atomic E-state index is 11.4. The lowest BCUT2D eigenvalue weighted by Crippen LogP contribution is -2.13. The minimum Gasteiger partial charge on any atom is -0.473 e. The fourth-order valence-electron chi connectivity index (χ4n) is 2.23. The first kappa shape index (κ1) is 14.0. The van der Waals surface area contributed by atoms with Gasteiger partial charge in [0.25, 0.3) is 5.91 Å². The van der Waals surface area contributed by atoms with Crippen molar-refractivity contribution in [3.8, 4) is 5.88 Å². The molecule has 0 atom stereocenters. The van der Waals surface area contributed by atoms with Crippen LogP contribution in [0.5, 0.6) is 5.88 Å². The molecule has 5 nitrogen and oxygen atoms in total. The van der Waals surface area contributed by atoms with Crippen LogP contribution in [-0.4, -0.2) is 15.9 Å². The number of hydrogen-bond donors (Lipinski definition) is 1. The van der Waals surface area contributed by atoms with E-state index in [9.17, 15) is 4.79 Å². The molecule has 0 saturated carbocycles. The number of nitrogens with two attached hydrogens (primary N) is 1. The van der Waals surface area contributed by atoms with Crippen molar-refractivity contribution < 1.29 is 9.53 Å². The monoisotopic (exact) mass is 293 g/mol. The number of carbonyl (C=O) groups is 1. The maximum absolute atomic E-state index is 11.4. The molecular formula is C17H15N3O2. The quantitative estimate of drug-likeness (QED) is 0.802. The van der Waals surface area contributed by atoms with E-state index in [1.807, 2.05) is 36.4 Å². The maximum Gasteiger partial charge on any atom is 0.250 e. The zero-order chi connectivity index (χ0) is 15.5. The summed E-state index contributed by atoms with van der Waals surface area (Å²) in [4.78, 5) is 20.0. The van der Waals surface area contributed by atoms with Crippen LogP contribution in [0, 0.1) is 6.92 Å². The lowest BCUT2D eigenvalue weighted by atomic mass is 10.1. The van der Waals surface area contributed by atoms with Crippen LogP contribution in [0.25, 0.3) is 11.0 Å². The number of aromatic nitrogens is 2. The molecule has 0 fully saturated rings.